The van der Waals surface area contributed by atoms with E-state index < -0.39 is 0 Å². The Kier molecular flexibility index (Phi) is 7.12. The zero-order valence-corrected chi connectivity index (χ0v) is 18.1. The van der Waals surface area contributed by atoms with Crippen molar-refractivity contribution in [3.05, 3.63) is 47.0 Å². The molecule has 1 saturated heterocycles. The molecule has 2 N–H and O–H groups in total. The molecule has 0 spiro atoms. The first-order valence-corrected chi connectivity index (χ1v) is 11.9. The summed E-state index contributed by atoms with van der Waals surface area (Å²) in [7, 11) is 0. The minimum atomic E-state index is -0.189. The van der Waals surface area contributed by atoms with Crippen LogP contribution in [0.2, 0.25) is 0 Å². The van der Waals surface area contributed by atoms with Crippen molar-refractivity contribution in [2.45, 2.75) is 63.5 Å². The van der Waals surface area contributed by atoms with E-state index in [4.69, 9.17) is 0 Å². The number of hydrogen-bond donors (Lipinski definition) is 2. The summed E-state index contributed by atoms with van der Waals surface area (Å²) in [4.78, 5) is 31.7. The minimum absolute atomic E-state index is 0.00829. The summed E-state index contributed by atoms with van der Waals surface area (Å²) in [6.45, 7) is 2.05. The van der Waals surface area contributed by atoms with E-state index in [1.54, 1.807) is 12.1 Å². The van der Waals surface area contributed by atoms with Gasteiger partial charge in [0.2, 0.25) is 5.91 Å². The van der Waals surface area contributed by atoms with Gasteiger partial charge in [-0.15, -0.1) is 11.3 Å². The van der Waals surface area contributed by atoms with Crippen molar-refractivity contribution in [1.29, 1.82) is 0 Å². The Bertz CT molecular complexity index is 846. The van der Waals surface area contributed by atoms with E-state index in [9.17, 15) is 9.59 Å². The summed E-state index contributed by atoms with van der Waals surface area (Å²) < 4.78 is 0. The van der Waals surface area contributed by atoms with E-state index in [1.807, 2.05) is 23.6 Å². The fraction of sp³-hybridized carbons (Fsp3) is 0.522. The van der Waals surface area contributed by atoms with Crippen molar-refractivity contribution in [1.82, 2.24) is 15.2 Å². The van der Waals surface area contributed by atoms with Gasteiger partial charge in [0.1, 0.15) is 0 Å². The average Bonchev–Trinajstić information content (AvgIpc) is 3.30. The number of aromatic nitrogens is 1. The summed E-state index contributed by atoms with van der Waals surface area (Å²) in [5.41, 5.74) is 1.28. The second-order valence-corrected chi connectivity index (χ2v) is 9.19. The van der Waals surface area contributed by atoms with Crippen LogP contribution in [0.1, 0.15) is 61.0 Å². The van der Waals surface area contributed by atoms with Gasteiger partial charge in [0.05, 0.1) is 12.1 Å². The number of amides is 2. The highest BCUT2D eigenvalue weighted by Crippen LogP contribution is 2.25. The predicted octanol–water partition coefficient (Wildman–Crippen LogP) is 3.85. The number of hydrogen-bond acceptors (Lipinski definition) is 5. The summed E-state index contributed by atoms with van der Waals surface area (Å²) in [6, 6.07) is 9.98. The molecular weight excluding hydrogens is 396 g/mol. The molecule has 2 fully saturated rings. The topological polar surface area (TPSA) is 74.3 Å². The zero-order valence-electron chi connectivity index (χ0n) is 17.3. The summed E-state index contributed by atoms with van der Waals surface area (Å²) in [6.07, 6.45) is 9.29. The molecule has 30 heavy (non-hydrogen) atoms. The third-order valence-electron chi connectivity index (χ3n) is 6.08. The average molecular weight is 427 g/mol. The fourth-order valence-corrected chi connectivity index (χ4v) is 5.21. The maximum atomic E-state index is 12.5. The van der Waals surface area contributed by atoms with Crippen molar-refractivity contribution in [2.75, 3.05) is 18.4 Å². The van der Waals surface area contributed by atoms with Crippen LogP contribution in [0.5, 0.6) is 0 Å². The Morgan fingerprint density at radius 1 is 1.07 bits per heavy atom. The van der Waals surface area contributed by atoms with E-state index in [0.717, 1.165) is 19.5 Å². The second-order valence-electron chi connectivity index (χ2n) is 8.33. The molecule has 1 aromatic carbocycles. The number of likely N-dealkylation sites (tertiary alicyclic amines) is 1. The first-order chi connectivity index (χ1) is 14.7. The lowest BCUT2D eigenvalue weighted by Crippen LogP contribution is -2.40. The number of anilines is 1. The molecule has 0 radical (unpaired) electrons. The molecule has 2 aliphatic rings. The van der Waals surface area contributed by atoms with E-state index in [0.29, 0.717) is 22.4 Å². The van der Waals surface area contributed by atoms with E-state index in [-0.39, 0.29) is 24.3 Å². The summed E-state index contributed by atoms with van der Waals surface area (Å²) in [5.74, 6) is -0.181. The summed E-state index contributed by atoms with van der Waals surface area (Å²) in [5, 5.41) is 8.35. The first kappa shape index (κ1) is 21.0. The van der Waals surface area contributed by atoms with Gasteiger partial charge < -0.3 is 5.32 Å². The Morgan fingerprint density at radius 2 is 1.83 bits per heavy atom. The van der Waals surface area contributed by atoms with Crippen LogP contribution in [0.3, 0.4) is 0 Å². The van der Waals surface area contributed by atoms with Gasteiger partial charge in [0, 0.05) is 36.1 Å². The molecule has 160 valence electrons. The lowest BCUT2D eigenvalue weighted by atomic mass is 10.1. The number of nitrogens with zero attached hydrogens (tertiary/aromatic N) is 2. The van der Waals surface area contributed by atoms with E-state index in [1.165, 1.54) is 49.9 Å². The van der Waals surface area contributed by atoms with Crippen LogP contribution in [0.4, 0.5) is 5.13 Å². The highest BCUT2D eigenvalue weighted by atomic mass is 32.1. The Morgan fingerprint density at radius 3 is 2.60 bits per heavy atom. The van der Waals surface area contributed by atoms with E-state index in [2.05, 4.69) is 20.5 Å². The molecule has 1 aliphatic heterocycles. The van der Waals surface area contributed by atoms with Gasteiger partial charge in [-0.2, -0.15) is 0 Å². The Hall–Kier alpha value is -2.25. The molecule has 1 atom stereocenters. The molecular formula is C23H30N4O2S. The van der Waals surface area contributed by atoms with Crippen molar-refractivity contribution in [2.24, 2.45) is 0 Å². The molecule has 1 aromatic heterocycles. The zero-order chi connectivity index (χ0) is 20.8. The highest BCUT2D eigenvalue weighted by Gasteiger charge is 2.29. The molecule has 4 rings (SSSR count). The maximum Gasteiger partial charge on any atom is 0.257 e. The number of carbonyl (C=O) groups is 2. The fourth-order valence-electron chi connectivity index (χ4n) is 4.51. The third-order valence-corrected chi connectivity index (χ3v) is 6.88. The van der Waals surface area contributed by atoms with E-state index >= 15 is 0 Å². The van der Waals surface area contributed by atoms with Crippen molar-refractivity contribution in [3.8, 4) is 0 Å². The van der Waals surface area contributed by atoms with Gasteiger partial charge in [-0.3, -0.25) is 19.8 Å². The SMILES string of the molecule is O=C(Cc1csc(NC(=O)c2ccccc2)n1)NC1CCN(C2CCCCCC2)C1. The van der Waals surface area contributed by atoms with Gasteiger partial charge in [0.25, 0.3) is 5.91 Å². The number of thiazole rings is 1. The van der Waals surface area contributed by atoms with Gasteiger partial charge in [-0.05, 0) is 31.4 Å². The van der Waals surface area contributed by atoms with Crippen LogP contribution in [0.25, 0.3) is 0 Å². The maximum absolute atomic E-state index is 12.5. The molecule has 0 bridgehead atoms. The van der Waals surface area contributed by atoms with Gasteiger partial charge in [-0.1, -0.05) is 43.9 Å². The van der Waals surface area contributed by atoms with Gasteiger partial charge >= 0.3 is 0 Å². The van der Waals surface area contributed by atoms with Gasteiger partial charge in [0.15, 0.2) is 5.13 Å². The largest absolute Gasteiger partial charge is 0.352 e. The smallest absolute Gasteiger partial charge is 0.257 e. The van der Waals surface area contributed by atoms with Crippen LogP contribution in [-0.2, 0) is 11.2 Å². The van der Waals surface area contributed by atoms with Crippen molar-refractivity contribution in [3.63, 3.8) is 0 Å². The van der Waals surface area contributed by atoms with Crippen molar-refractivity contribution < 1.29 is 9.59 Å². The third kappa shape index (κ3) is 5.67. The molecule has 1 unspecified atom stereocenters. The quantitative estimate of drug-likeness (QED) is 0.688. The Balaban J connectivity index is 1.23. The second kappa shape index (κ2) is 10.2. The summed E-state index contributed by atoms with van der Waals surface area (Å²) >= 11 is 1.35. The van der Waals surface area contributed by atoms with Crippen LogP contribution < -0.4 is 10.6 Å². The molecule has 2 heterocycles. The lowest BCUT2D eigenvalue weighted by molar-refractivity contribution is -0.121. The standard InChI is InChI=1S/C23H30N4O2S/c28-21(24-18-12-13-27(15-18)20-10-6-1-2-7-11-20)14-19-16-30-23(25-19)26-22(29)17-8-4-3-5-9-17/h3-5,8-9,16,18,20H,1-2,6-7,10-15H2,(H,24,28)(H,25,26,29). The number of benzene rings is 1. The van der Waals surface area contributed by atoms with Gasteiger partial charge in [-0.25, -0.2) is 4.98 Å². The highest BCUT2D eigenvalue weighted by molar-refractivity contribution is 7.14. The monoisotopic (exact) mass is 426 g/mol. The number of nitrogens with one attached hydrogen (secondary N) is 2. The molecule has 1 saturated carbocycles. The van der Waals surface area contributed by atoms with Crippen LogP contribution in [0, 0.1) is 0 Å². The number of rotatable bonds is 6. The molecule has 6 nitrogen and oxygen atoms in total. The van der Waals surface area contributed by atoms with Crippen molar-refractivity contribution >= 4 is 28.3 Å². The number of carbonyl (C=O) groups excluding carboxylic acids is 2. The van der Waals surface area contributed by atoms with Crippen LogP contribution >= 0.6 is 11.3 Å². The first-order valence-electron chi connectivity index (χ1n) is 11.0. The minimum Gasteiger partial charge on any atom is -0.352 e. The normalized spacial score (nSPS) is 20.6. The molecule has 2 amide bonds. The van der Waals surface area contributed by atoms with Crippen LogP contribution in [0.15, 0.2) is 35.7 Å². The lowest BCUT2D eigenvalue weighted by Gasteiger charge is -2.26. The molecule has 7 heteroatoms. The molecule has 1 aliphatic carbocycles. The Labute approximate surface area is 182 Å². The molecule has 2 aromatic rings. The van der Waals surface area contributed by atoms with Crippen LogP contribution in [-0.4, -0.2) is 46.9 Å². The predicted molar refractivity (Wildman–Crippen MR) is 120 cm³/mol.